The van der Waals surface area contributed by atoms with Gasteiger partial charge < -0.3 is 16.4 Å². The van der Waals surface area contributed by atoms with Crippen LogP contribution in [0.1, 0.15) is 26.2 Å². The monoisotopic (exact) mass is 203 g/mol. The number of hydrogen-bond acceptors (Lipinski definition) is 3. The van der Waals surface area contributed by atoms with E-state index >= 15 is 0 Å². The van der Waals surface area contributed by atoms with Crippen LogP contribution >= 0.6 is 0 Å². The molecule has 0 aromatic rings. The fraction of sp³-hybridized carbons (Fsp3) is 0.778. The molecule has 0 spiro atoms. The van der Waals surface area contributed by atoms with Gasteiger partial charge in [0.05, 0.1) is 6.04 Å². The fourth-order valence-corrected chi connectivity index (χ4v) is 1.17. The van der Waals surface area contributed by atoms with Crippen molar-refractivity contribution in [1.29, 1.82) is 0 Å². The Balaban J connectivity index is 3.42. The highest BCUT2D eigenvalue weighted by Crippen LogP contribution is 1.99. The summed E-state index contributed by atoms with van der Waals surface area (Å²) in [5, 5.41) is 5.53. The summed E-state index contributed by atoms with van der Waals surface area (Å²) in [5.74, 6) is -0.350. The lowest BCUT2D eigenvalue weighted by molar-refractivity contribution is -0.120. The predicted molar refractivity (Wildman–Crippen MR) is 54.6 cm³/mol. The van der Waals surface area contributed by atoms with Crippen LogP contribution in [0, 0.1) is 0 Å². The highest BCUT2D eigenvalue weighted by molar-refractivity contribution is 5.79. The van der Waals surface area contributed by atoms with Crippen molar-refractivity contribution in [3.05, 3.63) is 0 Å². The summed E-state index contributed by atoms with van der Waals surface area (Å²) in [5.41, 5.74) is 5.14. The van der Waals surface area contributed by atoms with Gasteiger partial charge in [0.25, 0.3) is 0 Å². The number of nitrogens with one attached hydrogen (secondary N) is 2. The average Bonchev–Trinajstić information content (AvgIpc) is 2.10. The molecule has 0 aliphatic rings. The standard InChI is InChI=1S/C9H19N3O2/c1-7(13)12-6-4-3-5-8(11-2)9(10)14/h8,11H,3-6H2,1-2H3,(H2,10,14)(H,12,13)/i7+1,11+1. The van der Waals surface area contributed by atoms with Crippen LogP contribution in [0.3, 0.4) is 0 Å². The lowest BCUT2D eigenvalue weighted by Gasteiger charge is -2.11. The number of rotatable bonds is 7. The van der Waals surface area contributed by atoms with E-state index in [2.05, 4.69) is 10.6 Å². The molecule has 0 aliphatic carbocycles. The minimum atomic E-state index is -0.327. The molecule has 5 heteroatoms. The Morgan fingerprint density at radius 2 is 2.00 bits per heavy atom. The van der Waals surface area contributed by atoms with Crippen molar-refractivity contribution in [1.82, 2.24) is 10.6 Å². The number of primary amides is 1. The molecule has 0 aromatic carbocycles. The van der Waals surface area contributed by atoms with Gasteiger partial charge in [0.15, 0.2) is 0 Å². The summed E-state index contributed by atoms with van der Waals surface area (Å²) < 4.78 is 0. The molecule has 0 rings (SSSR count). The maximum absolute atomic E-state index is 10.8. The van der Waals surface area contributed by atoms with Crippen molar-refractivity contribution in [3.8, 4) is 0 Å². The summed E-state index contributed by atoms with van der Waals surface area (Å²) >= 11 is 0. The molecule has 4 N–H and O–H groups in total. The number of unbranched alkanes of at least 4 members (excludes halogenated alkanes) is 1. The van der Waals surface area contributed by atoms with Crippen LogP contribution in [0.4, 0.5) is 0 Å². The summed E-state index contributed by atoms with van der Waals surface area (Å²) in [4.78, 5) is 21.3. The number of hydrogen-bond donors (Lipinski definition) is 3. The lowest BCUT2D eigenvalue weighted by atomic mass is 10.1. The van der Waals surface area contributed by atoms with E-state index in [1.807, 2.05) is 0 Å². The van der Waals surface area contributed by atoms with Crippen molar-refractivity contribution in [3.63, 3.8) is 0 Å². The Labute approximate surface area is 84.4 Å². The van der Waals surface area contributed by atoms with E-state index in [-0.39, 0.29) is 17.9 Å². The molecule has 0 fully saturated rings. The highest BCUT2D eigenvalue weighted by Gasteiger charge is 2.10. The van der Waals surface area contributed by atoms with Crippen LogP contribution in [-0.2, 0) is 9.59 Å². The number of amides is 2. The normalized spacial score (nSPS) is 12.1. The second-order valence-corrected chi connectivity index (χ2v) is 3.22. The maximum atomic E-state index is 10.8. The molecule has 0 aromatic heterocycles. The summed E-state index contributed by atoms with van der Waals surface area (Å²) in [6.07, 6.45) is 2.45. The molecule has 82 valence electrons. The Morgan fingerprint density at radius 3 is 2.43 bits per heavy atom. The number of carbonyl (C=O) groups is 2. The van der Waals surface area contributed by atoms with Crippen molar-refractivity contribution < 1.29 is 9.59 Å². The van der Waals surface area contributed by atoms with Crippen LogP contribution in [0.15, 0.2) is 0 Å². The van der Waals surface area contributed by atoms with Gasteiger partial charge in [-0.05, 0) is 26.3 Å². The van der Waals surface area contributed by atoms with Gasteiger partial charge in [-0.15, -0.1) is 0 Å². The minimum absolute atomic E-state index is 0.0231. The second-order valence-electron chi connectivity index (χ2n) is 3.22. The van der Waals surface area contributed by atoms with Gasteiger partial charge in [-0.25, -0.2) is 0 Å². The van der Waals surface area contributed by atoms with Crippen LogP contribution in [0.25, 0.3) is 0 Å². The van der Waals surface area contributed by atoms with E-state index in [0.29, 0.717) is 13.0 Å². The molecule has 0 heterocycles. The van der Waals surface area contributed by atoms with E-state index in [0.717, 1.165) is 12.8 Å². The number of likely N-dealkylation sites (N-methyl/N-ethyl adjacent to an activating group) is 1. The molecule has 0 aliphatic heterocycles. The SMILES string of the molecule is C[15NH]C(CCCCN[13C](C)=O)C(N)=O. The maximum Gasteiger partial charge on any atom is 0.234 e. The predicted octanol–water partition coefficient (Wildman–Crippen LogP) is -0.634. The zero-order chi connectivity index (χ0) is 11.0. The van der Waals surface area contributed by atoms with Crippen molar-refractivity contribution in [2.75, 3.05) is 13.6 Å². The molecule has 0 bridgehead atoms. The Bertz CT molecular complexity index is 194. The molecular weight excluding hydrogens is 184 g/mol. The van der Waals surface area contributed by atoms with Crippen LogP contribution in [-0.4, -0.2) is 31.4 Å². The quantitative estimate of drug-likeness (QED) is 0.292. The second kappa shape index (κ2) is 7.32. The zero-order valence-corrected chi connectivity index (χ0v) is 8.80. The van der Waals surface area contributed by atoms with Gasteiger partial charge in [-0.3, -0.25) is 9.59 Å². The van der Waals surface area contributed by atoms with Crippen LogP contribution in [0.5, 0.6) is 0 Å². The molecule has 2 amide bonds. The Kier molecular flexibility index (Phi) is 6.74. The first kappa shape index (κ1) is 12.9. The largest absolute Gasteiger partial charge is 0.368 e. The first-order chi connectivity index (χ1) is 6.57. The third-order valence-corrected chi connectivity index (χ3v) is 1.99. The number of carbonyl (C=O) groups excluding carboxylic acids is 2. The van der Waals surface area contributed by atoms with E-state index in [4.69, 9.17) is 5.73 Å². The third kappa shape index (κ3) is 6.42. The summed E-state index contributed by atoms with van der Waals surface area (Å²) in [6.45, 7) is 2.14. The van der Waals surface area contributed by atoms with E-state index in [9.17, 15) is 9.59 Å². The minimum Gasteiger partial charge on any atom is -0.368 e. The Morgan fingerprint density at radius 1 is 1.36 bits per heavy atom. The van der Waals surface area contributed by atoms with Gasteiger partial charge in [-0.1, -0.05) is 0 Å². The zero-order valence-electron chi connectivity index (χ0n) is 8.80. The molecule has 1 atom stereocenters. The lowest BCUT2D eigenvalue weighted by Crippen LogP contribution is -2.39. The van der Waals surface area contributed by atoms with Gasteiger partial charge in [0.2, 0.25) is 11.8 Å². The summed E-state index contributed by atoms with van der Waals surface area (Å²) in [7, 11) is 1.71. The topological polar surface area (TPSA) is 84.2 Å². The van der Waals surface area contributed by atoms with Crippen molar-refractivity contribution >= 4 is 11.8 Å². The van der Waals surface area contributed by atoms with Crippen molar-refractivity contribution in [2.24, 2.45) is 5.73 Å². The first-order valence-corrected chi connectivity index (χ1v) is 4.79. The van der Waals surface area contributed by atoms with Gasteiger partial charge >= 0.3 is 0 Å². The fourth-order valence-electron chi connectivity index (χ4n) is 1.17. The molecule has 0 saturated carbocycles. The van der Waals surface area contributed by atoms with E-state index in [1.54, 1.807) is 7.05 Å². The molecule has 14 heavy (non-hydrogen) atoms. The average molecular weight is 203 g/mol. The van der Waals surface area contributed by atoms with E-state index in [1.165, 1.54) is 6.92 Å². The van der Waals surface area contributed by atoms with Gasteiger partial charge in [0.1, 0.15) is 0 Å². The first-order valence-electron chi connectivity index (χ1n) is 4.79. The third-order valence-electron chi connectivity index (χ3n) is 1.99. The molecule has 0 radical (unpaired) electrons. The highest BCUT2D eigenvalue weighted by atomic mass is 16.2. The molecular formula is C9H19N3O2. The Hall–Kier alpha value is -1.10. The smallest absolute Gasteiger partial charge is 0.234 e. The number of nitrogens with two attached hydrogens (primary N) is 1. The molecule has 5 nitrogen and oxygen atoms in total. The van der Waals surface area contributed by atoms with Gasteiger partial charge in [-0.2, -0.15) is 0 Å². The molecule has 0 saturated heterocycles. The van der Waals surface area contributed by atoms with E-state index < -0.39 is 0 Å². The van der Waals surface area contributed by atoms with Crippen LogP contribution < -0.4 is 16.4 Å². The summed E-state index contributed by atoms with van der Waals surface area (Å²) in [6, 6.07) is -0.257. The van der Waals surface area contributed by atoms with Crippen molar-refractivity contribution in [2.45, 2.75) is 32.2 Å². The molecule has 1 unspecified atom stereocenters. The van der Waals surface area contributed by atoms with Gasteiger partial charge in [0, 0.05) is 13.5 Å². The van der Waals surface area contributed by atoms with Crippen LogP contribution in [0.2, 0.25) is 0 Å².